The Kier molecular flexibility index (Phi) is 37.4. The molecule has 0 aromatic heterocycles. The standard InChI is InChI=1S/C51H96N3O10PS/c1-3-5-7-9-11-13-15-17-19-21-23-25-27-29-31-37-48(56)61-41-44(64-49(57)38-32-30-28-26-24-22-20-18-16-14-12-10-8-6-4-2)42-63-65(59,60)62-40-39-52-47(55)36-34-33-35-46-50-45(43-66-46)53-51(58)54-50/h44-46,50H,3-43H2,1-2H3,(H,52,55)(H,59,60)(H2,53,54,58). The van der Waals surface area contributed by atoms with Crippen LogP contribution in [0.2, 0.25) is 0 Å². The van der Waals surface area contributed by atoms with Crippen molar-refractivity contribution in [2.45, 2.75) is 268 Å². The van der Waals surface area contributed by atoms with E-state index in [1.165, 1.54) is 148 Å². The van der Waals surface area contributed by atoms with E-state index in [9.17, 15) is 28.6 Å². The summed E-state index contributed by atoms with van der Waals surface area (Å²) >= 11 is 1.84. The van der Waals surface area contributed by atoms with Gasteiger partial charge in [0.05, 0.1) is 25.3 Å². The number of urea groups is 1. The van der Waals surface area contributed by atoms with Gasteiger partial charge in [-0.05, 0) is 25.7 Å². The van der Waals surface area contributed by atoms with E-state index in [1.54, 1.807) is 0 Å². The van der Waals surface area contributed by atoms with Crippen molar-refractivity contribution in [3.05, 3.63) is 0 Å². The molecule has 2 fully saturated rings. The van der Waals surface area contributed by atoms with Crippen LogP contribution in [0.3, 0.4) is 0 Å². The van der Waals surface area contributed by atoms with Gasteiger partial charge in [-0.3, -0.25) is 23.4 Å². The molecule has 0 bridgehead atoms. The van der Waals surface area contributed by atoms with Crippen molar-refractivity contribution in [1.29, 1.82) is 0 Å². The molecule has 0 aromatic rings. The highest BCUT2D eigenvalue weighted by Gasteiger charge is 2.42. The number of unbranched alkanes of at least 4 members (excludes halogenated alkanes) is 29. The Hall–Kier alpha value is -1.86. The molecule has 2 rings (SSSR count). The van der Waals surface area contributed by atoms with Gasteiger partial charge in [-0.1, -0.05) is 200 Å². The molecule has 15 heteroatoms. The molecule has 0 radical (unpaired) electrons. The van der Waals surface area contributed by atoms with Crippen molar-refractivity contribution in [2.24, 2.45) is 0 Å². The van der Waals surface area contributed by atoms with Gasteiger partial charge >= 0.3 is 25.8 Å². The van der Waals surface area contributed by atoms with Crippen molar-refractivity contribution in [3.63, 3.8) is 0 Å². The summed E-state index contributed by atoms with van der Waals surface area (Å²) < 4.78 is 34.1. The topological polar surface area (TPSA) is 179 Å². The van der Waals surface area contributed by atoms with Crippen molar-refractivity contribution in [1.82, 2.24) is 16.0 Å². The molecule has 0 aromatic carbocycles. The van der Waals surface area contributed by atoms with Crippen LogP contribution in [0.25, 0.3) is 0 Å². The Morgan fingerprint density at radius 2 is 1.08 bits per heavy atom. The summed E-state index contributed by atoms with van der Waals surface area (Å²) in [6.45, 7) is 3.49. The molecule has 2 aliphatic rings. The number of nitrogens with one attached hydrogen (secondary N) is 3. The second-order valence-corrected chi connectivity index (χ2v) is 21.7. The number of carbonyl (C=O) groups is 4. The number of rotatable bonds is 47. The number of amides is 3. The van der Waals surface area contributed by atoms with Gasteiger partial charge in [0.2, 0.25) is 5.91 Å². The summed E-state index contributed by atoms with van der Waals surface area (Å²) in [5, 5.41) is 8.95. The van der Waals surface area contributed by atoms with Crippen LogP contribution in [0.4, 0.5) is 4.79 Å². The highest BCUT2D eigenvalue weighted by atomic mass is 32.2. The summed E-state index contributed by atoms with van der Waals surface area (Å²) in [5.74, 6) is -0.169. The Labute approximate surface area is 405 Å². The Bertz CT molecular complexity index is 1300. The first-order valence-electron chi connectivity index (χ1n) is 27.1. The van der Waals surface area contributed by atoms with Crippen LogP contribution in [0.15, 0.2) is 0 Å². The number of ether oxygens (including phenoxy) is 2. The first-order valence-corrected chi connectivity index (χ1v) is 29.6. The maximum absolute atomic E-state index is 12.8. The Morgan fingerprint density at radius 3 is 1.58 bits per heavy atom. The van der Waals surface area contributed by atoms with E-state index in [0.717, 1.165) is 50.7 Å². The molecule has 0 saturated carbocycles. The molecule has 2 aliphatic heterocycles. The molecule has 3 amide bonds. The van der Waals surface area contributed by atoms with E-state index in [1.807, 2.05) is 11.8 Å². The number of hydrogen-bond acceptors (Lipinski definition) is 10. The van der Waals surface area contributed by atoms with Crippen molar-refractivity contribution >= 4 is 43.5 Å². The van der Waals surface area contributed by atoms with Gasteiger partial charge in [-0.25, -0.2) is 9.36 Å². The summed E-state index contributed by atoms with van der Waals surface area (Å²) in [4.78, 5) is 59.8. The predicted molar refractivity (Wildman–Crippen MR) is 269 cm³/mol. The fraction of sp³-hybridized carbons (Fsp3) is 0.922. The molecule has 2 heterocycles. The van der Waals surface area contributed by atoms with E-state index in [-0.39, 0.29) is 56.6 Å². The first kappa shape index (κ1) is 60.3. The second-order valence-electron chi connectivity index (χ2n) is 19.0. The number of thioether (sulfide) groups is 1. The lowest BCUT2D eigenvalue weighted by Gasteiger charge is -2.20. The Morgan fingerprint density at radius 1 is 0.621 bits per heavy atom. The van der Waals surface area contributed by atoms with Gasteiger partial charge in [0.15, 0.2) is 6.10 Å². The molecule has 5 atom stereocenters. The van der Waals surface area contributed by atoms with Gasteiger partial charge < -0.3 is 30.3 Å². The minimum absolute atomic E-state index is 0.0151. The number of phosphoric acid groups is 1. The minimum Gasteiger partial charge on any atom is -0.462 e. The zero-order chi connectivity index (χ0) is 47.8. The molecule has 4 N–H and O–H groups in total. The van der Waals surface area contributed by atoms with Crippen LogP contribution < -0.4 is 16.0 Å². The third-order valence-electron chi connectivity index (χ3n) is 12.9. The highest BCUT2D eigenvalue weighted by Crippen LogP contribution is 2.43. The van der Waals surface area contributed by atoms with E-state index in [2.05, 4.69) is 29.8 Å². The number of carbonyl (C=O) groups excluding carboxylic acids is 4. The average Bonchev–Trinajstić information content (AvgIpc) is 3.86. The van der Waals surface area contributed by atoms with Gasteiger partial charge in [-0.15, -0.1) is 0 Å². The third-order valence-corrected chi connectivity index (χ3v) is 15.4. The zero-order valence-electron chi connectivity index (χ0n) is 41.8. The SMILES string of the molecule is CCCCCCCCCCCCCCCCCC(=O)OCC(COP(=O)(O)OCCNC(=O)CCCCC1SCC2NC(=O)NC21)OC(=O)CCCCCCCCCCCCCCCCC. The Balaban J connectivity index is 1.62. The molecule has 2 saturated heterocycles. The van der Waals surface area contributed by atoms with Crippen LogP contribution >= 0.6 is 19.6 Å². The fourth-order valence-corrected chi connectivity index (χ4v) is 11.1. The molecule has 66 heavy (non-hydrogen) atoms. The van der Waals surface area contributed by atoms with Gasteiger partial charge in [0.1, 0.15) is 6.61 Å². The summed E-state index contributed by atoms with van der Waals surface area (Å²) in [5.41, 5.74) is 0. The fourth-order valence-electron chi connectivity index (χ4n) is 8.83. The third kappa shape index (κ3) is 33.6. The molecular formula is C51H96N3O10PS. The van der Waals surface area contributed by atoms with Crippen LogP contribution in [0.5, 0.6) is 0 Å². The number of hydrogen-bond donors (Lipinski definition) is 4. The molecule has 386 valence electrons. The van der Waals surface area contributed by atoms with Gasteiger partial charge in [-0.2, -0.15) is 11.8 Å². The summed E-state index contributed by atoms with van der Waals surface area (Å²) in [7, 11) is -4.57. The molecule has 0 aliphatic carbocycles. The lowest BCUT2D eigenvalue weighted by Crippen LogP contribution is -2.36. The molecular weight excluding hydrogens is 878 g/mol. The largest absolute Gasteiger partial charge is 0.472 e. The zero-order valence-corrected chi connectivity index (χ0v) is 43.5. The van der Waals surface area contributed by atoms with Crippen LogP contribution in [-0.2, 0) is 37.5 Å². The maximum Gasteiger partial charge on any atom is 0.472 e. The maximum atomic E-state index is 12.8. The second kappa shape index (κ2) is 41.0. The van der Waals surface area contributed by atoms with Crippen molar-refractivity contribution in [3.8, 4) is 0 Å². The van der Waals surface area contributed by atoms with E-state index >= 15 is 0 Å². The van der Waals surface area contributed by atoms with Gasteiger partial charge in [0, 0.05) is 36.8 Å². The van der Waals surface area contributed by atoms with Crippen LogP contribution in [0.1, 0.15) is 245 Å². The van der Waals surface area contributed by atoms with Gasteiger partial charge in [0.25, 0.3) is 0 Å². The van der Waals surface area contributed by atoms with Crippen LogP contribution in [-0.4, -0.2) is 84.3 Å². The lowest BCUT2D eigenvalue weighted by atomic mass is 10.0. The van der Waals surface area contributed by atoms with E-state index in [0.29, 0.717) is 30.9 Å². The molecule has 0 spiro atoms. The van der Waals surface area contributed by atoms with E-state index < -0.39 is 32.5 Å². The molecule has 5 unspecified atom stereocenters. The van der Waals surface area contributed by atoms with Crippen molar-refractivity contribution < 1.29 is 47.2 Å². The van der Waals surface area contributed by atoms with Crippen molar-refractivity contribution in [2.75, 3.05) is 32.1 Å². The number of phosphoric ester groups is 1. The minimum atomic E-state index is -4.57. The number of fused-ring (bicyclic) bond motifs is 1. The first-order chi connectivity index (χ1) is 32.1. The monoisotopic (exact) mass is 974 g/mol. The normalized spacial score (nSPS) is 18.0. The van der Waals surface area contributed by atoms with E-state index in [4.69, 9.17) is 18.5 Å². The number of esters is 2. The lowest BCUT2D eigenvalue weighted by molar-refractivity contribution is -0.161. The highest BCUT2D eigenvalue weighted by molar-refractivity contribution is 8.00. The summed E-state index contributed by atoms with van der Waals surface area (Å²) in [6.07, 6.45) is 39.0. The van der Waals surface area contributed by atoms with Crippen LogP contribution in [0, 0.1) is 0 Å². The smallest absolute Gasteiger partial charge is 0.462 e. The quantitative estimate of drug-likeness (QED) is 0.0197. The predicted octanol–water partition coefficient (Wildman–Crippen LogP) is 12.9. The average molecular weight is 974 g/mol. The summed E-state index contributed by atoms with van der Waals surface area (Å²) in [6, 6.07) is 0.201. The molecule has 13 nitrogen and oxygen atoms in total.